The summed E-state index contributed by atoms with van der Waals surface area (Å²) in [5.41, 5.74) is 3.39. The van der Waals surface area contributed by atoms with Gasteiger partial charge in [0.2, 0.25) is 11.8 Å². The number of hydrogen-bond acceptors (Lipinski definition) is 5. The Morgan fingerprint density at radius 2 is 1.76 bits per heavy atom. The first-order valence-corrected chi connectivity index (χ1v) is 9.47. The van der Waals surface area contributed by atoms with Gasteiger partial charge in [-0.25, -0.2) is 5.01 Å². The normalized spacial score (nSPS) is 13.1. The fraction of sp³-hybridized carbons (Fsp3) is 0.318. The number of carbonyl (C=O) groups is 2. The van der Waals surface area contributed by atoms with Crippen LogP contribution in [0, 0.1) is 6.92 Å². The number of anilines is 1. The maximum Gasteiger partial charge on any atom is 0.243 e. The highest BCUT2D eigenvalue weighted by atomic mass is 16.5. The van der Waals surface area contributed by atoms with Crippen molar-refractivity contribution in [2.24, 2.45) is 5.10 Å². The second-order valence-corrected chi connectivity index (χ2v) is 6.75. The van der Waals surface area contributed by atoms with E-state index in [0.29, 0.717) is 30.2 Å². The van der Waals surface area contributed by atoms with E-state index >= 15 is 0 Å². The largest absolute Gasteiger partial charge is 0.493 e. The molecule has 0 fully saturated rings. The number of rotatable bonds is 7. The molecule has 3 rings (SSSR count). The summed E-state index contributed by atoms with van der Waals surface area (Å²) in [5, 5.41) is 8.71. The van der Waals surface area contributed by atoms with Crippen LogP contribution in [0.2, 0.25) is 0 Å². The molecule has 0 aliphatic carbocycles. The lowest BCUT2D eigenvalue weighted by Gasteiger charge is -2.14. The zero-order valence-electron chi connectivity index (χ0n) is 16.9. The van der Waals surface area contributed by atoms with E-state index in [0.717, 1.165) is 16.8 Å². The molecule has 2 aromatic carbocycles. The monoisotopic (exact) mass is 395 g/mol. The van der Waals surface area contributed by atoms with Gasteiger partial charge in [-0.15, -0.1) is 0 Å². The molecule has 0 bridgehead atoms. The number of hydrazone groups is 1. The molecule has 0 unspecified atom stereocenters. The van der Waals surface area contributed by atoms with E-state index in [4.69, 9.17) is 9.47 Å². The number of ether oxygens (including phenoxy) is 2. The standard InChI is InChI=1S/C22H25N3O4/c1-15-13-19(28-2)20(29-3)14-18(15)23-21(26)9-10-22(27)25-12-11-17(24-25)16-7-5-4-6-8-16/h4-8,13-14H,9-12H2,1-3H3,(H,23,26). The minimum Gasteiger partial charge on any atom is -0.493 e. The van der Waals surface area contributed by atoms with Crippen LogP contribution in [0.4, 0.5) is 5.69 Å². The van der Waals surface area contributed by atoms with Gasteiger partial charge in [0.1, 0.15) is 0 Å². The number of benzene rings is 2. The molecule has 0 spiro atoms. The quantitative estimate of drug-likeness (QED) is 0.779. The Hall–Kier alpha value is -3.35. The summed E-state index contributed by atoms with van der Waals surface area (Å²) in [6, 6.07) is 13.3. The molecule has 0 aromatic heterocycles. The molecule has 7 nitrogen and oxygen atoms in total. The van der Waals surface area contributed by atoms with Gasteiger partial charge in [0, 0.05) is 31.0 Å². The average Bonchev–Trinajstić information content (AvgIpc) is 3.24. The third kappa shape index (κ3) is 4.93. The van der Waals surface area contributed by atoms with Crippen LogP contribution in [0.5, 0.6) is 11.5 Å². The Balaban J connectivity index is 1.56. The van der Waals surface area contributed by atoms with E-state index in [1.165, 1.54) is 12.1 Å². The molecule has 1 heterocycles. The molecular weight excluding hydrogens is 370 g/mol. The first-order valence-electron chi connectivity index (χ1n) is 9.47. The zero-order valence-corrected chi connectivity index (χ0v) is 16.9. The first-order chi connectivity index (χ1) is 14.0. The second kappa shape index (κ2) is 9.23. The summed E-state index contributed by atoms with van der Waals surface area (Å²) >= 11 is 0. The number of nitrogens with zero attached hydrogens (tertiary/aromatic N) is 2. The summed E-state index contributed by atoms with van der Waals surface area (Å²) in [7, 11) is 3.10. The molecule has 0 saturated carbocycles. The molecule has 1 aliphatic heterocycles. The predicted octanol–water partition coefficient (Wildman–Crippen LogP) is 3.37. The minimum atomic E-state index is -0.236. The highest BCUT2D eigenvalue weighted by Gasteiger charge is 2.22. The Labute approximate surface area is 170 Å². The Kier molecular flexibility index (Phi) is 6.49. The van der Waals surface area contributed by atoms with Gasteiger partial charge in [-0.1, -0.05) is 30.3 Å². The SMILES string of the molecule is COc1cc(C)c(NC(=O)CCC(=O)N2CCC(c3ccccc3)=N2)cc1OC. The van der Waals surface area contributed by atoms with Crippen LogP contribution in [0.1, 0.15) is 30.4 Å². The highest BCUT2D eigenvalue weighted by molar-refractivity contribution is 6.02. The van der Waals surface area contributed by atoms with Gasteiger partial charge in [0.25, 0.3) is 0 Å². The number of hydrogen-bond donors (Lipinski definition) is 1. The van der Waals surface area contributed by atoms with Crippen molar-refractivity contribution < 1.29 is 19.1 Å². The first kappa shape index (κ1) is 20.4. The van der Waals surface area contributed by atoms with Crippen molar-refractivity contribution in [2.45, 2.75) is 26.2 Å². The lowest BCUT2D eigenvalue weighted by Crippen LogP contribution is -2.25. The summed E-state index contributed by atoms with van der Waals surface area (Å²) in [6.45, 7) is 2.41. The van der Waals surface area contributed by atoms with E-state index in [2.05, 4.69) is 10.4 Å². The topological polar surface area (TPSA) is 80.2 Å². The molecule has 0 saturated heterocycles. The molecule has 0 radical (unpaired) electrons. The van der Waals surface area contributed by atoms with Crippen LogP contribution in [0.3, 0.4) is 0 Å². The van der Waals surface area contributed by atoms with E-state index in [1.807, 2.05) is 37.3 Å². The van der Waals surface area contributed by atoms with Gasteiger partial charge in [-0.2, -0.15) is 5.10 Å². The molecular formula is C22H25N3O4. The molecule has 2 aromatic rings. The van der Waals surface area contributed by atoms with Crippen molar-refractivity contribution in [2.75, 3.05) is 26.1 Å². The predicted molar refractivity (Wildman–Crippen MR) is 111 cm³/mol. The van der Waals surface area contributed by atoms with Gasteiger partial charge in [-0.05, 0) is 24.1 Å². The van der Waals surface area contributed by atoms with Crippen LogP contribution < -0.4 is 14.8 Å². The maximum atomic E-state index is 12.4. The summed E-state index contributed by atoms with van der Waals surface area (Å²) in [4.78, 5) is 24.8. The van der Waals surface area contributed by atoms with Crippen LogP contribution in [0.15, 0.2) is 47.6 Å². The Morgan fingerprint density at radius 3 is 2.45 bits per heavy atom. The number of aryl methyl sites for hydroxylation is 1. The maximum absolute atomic E-state index is 12.4. The van der Waals surface area contributed by atoms with Gasteiger partial charge >= 0.3 is 0 Å². The van der Waals surface area contributed by atoms with E-state index in [9.17, 15) is 9.59 Å². The van der Waals surface area contributed by atoms with E-state index in [1.54, 1.807) is 19.2 Å². The number of carbonyl (C=O) groups excluding carboxylic acids is 2. The second-order valence-electron chi connectivity index (χ2n) is 6.75. The van der Waals surface area contributed by atoms with Crippen LogP contribution in [-0.4, -0.2) is 43.3 Å². The lowest BCUT2D eigenvalue weighted by molar-refractivity contribution is -0.132. The Bertz CT molecular complexity index is 925. The van der Waals surface area contributed by atoms with Gasteiger partial charge in [-0.3, -0.25) is 9.59 Å². The van der Waals surface area contributed by atoms with Gasteiger partial charge < -0.3 is 14.8 Å². The summed E-state index contributed by atoms with van der Waals surface area (Å²) in [5.74, 6) is 0.735. The number of nitrogens with one attached hydrogen (secondary N) is 1. The highest BCUT2D eigenvalue weighted by Crippen LogP contribution is 2.33. The van der Waals surface area contributed by atoms with Crippen molar-refractivity contribution in [3.05, 3.63) is 53.6 Å². The van der Waals surface area contributed by atoms with Crippen molar-refractivity contribution in [3.63, 3.8) is 0 Å². The number of amides is 2. The fourth-order valence-electron chi connectivity index (χ4n) is 3.15. The van der Waals surface area contributed by atoms with Gasteiger partial charge in [0.15, 0.2) is 11.5 Å². The minimum absolute atomic E-state index is 0.0826. The molecule has 2 amide bonds. The smallest absolute Gasteiger partial charge is 0.243 e. The average molecular weight is 395 g/mol. The zero-order chi connectivity index (χ0) is 20.8. The van der Waals surface area contributed by atoms with Crippen LogP contribution in [0.25, 0.3) is 0 Å². The lowest BCUT2D eigenvalue weighted by atomic mass is 10.1. The summed E-state index contributed by atoms with van der Waals surface area (Å²) in [6.07, 6.45) is 0.899. The number of methoxy groups -OCH3 is 2. The molecule has 1 aliphatic rings. The molecule has 0 atom stereocenters. The third-order valence-corrected chi connectivity index (χ3v) is 4.77. The summed E-state index contributed by atoms with van der Waals surface area (Å²) < 4.78 is 10.5. The van der Waals surface area contributed by atoms with Crippen molar-refractivity contribution in [1.29, 1.82) is 0 Å². The molecule has 29 heavy (non-hydrogen) atoms. The van der Waals surface area contributed by atoms with Crippen molar-refractivity contribution in [1.82, 2.24) is 5.01 Å². The fourth-order valence-corrected chi connectivity index (χ4v) is 3.15. The molecule has 152 valence electrons. The van der Waals surface area contributed by atoms with Crippen molar-refractivity contribution >= 4 is 23.2 Å². The molecule has 1 N–H and O–H groups in total. The van der Waals surface area contributed by atoms with E-state index < -0.39 is 0 Å². The van der Waals surface area contributed by atoms with Crippen LogP contribution >= 0.6 is 0 Å². The van der Waals surface area contributed by atoms with Crippen molar-refractivity contribution in [3.8, 4) is 11.5 Å². The molecule has 7 heteroatoms. The third-order valence-electron chi connectivity index (χ3n) is 4.77. The van der Waals surface area contributed by atoms with Crippen LogP contribution in [-0.2, 0) is 9.59 Å². The van der Waals surface area contributed by atoms with E-state index in [-0.39, 0.29) is 24.7 Å². The Morgan fingerprint density at radius 1 is 1.07 bits per heavy atom. The van der Waals surface area contributed by atoms with Gasteiger partial charge in [0.05, 0.1) is 26.5 Å².